The second-order valence-corrected chi connectivity index (χ2v) is 11.2. The SMILES string of the molecule is CCCCCCCCC(CCCCCC)CNC(=O)NCCCCCCCCCCCCI. The third kappa shape index (κ3) is 26.4. The molecular weight excluding hydrogens is 519 g/mol. The van der Waals surface area contributed by atoms with Crippen LogP contribution in [0.2, 0.25) is 0 Å². The van der Waals surface area contributed by atoms with Gasteiger partial charge in [-0.1, -0.05) is 152 Å². The molecule has 2 amide bonds. The third-order valence-electron chi connectivity index (χ3n) is 6.83. The van der Waals surface area contributed by atoms with E-state index in [1.165, 1.54) is 139 Å². The Morgan fingerprint density at radius 3 is 1.52 bits per heavy atom. The Morgan fingerprint density at radius 1 is 0.576 bits per heavy atom. The minimum absolute atomic E-state index is 0.0445. The minimum Gasteiger partial charge on any atom is -0.338 e. The van der Waals surface area contributed by atoms with Crippen LogP contribution in [0, 0.1) is 5.92 Å². The summed E-state index contributed by atoms with van der Waals surface area (Å²) in [4.78, 5) is 12.2. The molecule has 1 unspecified atom stereocenters. The van der Waals surface area contributed by atoms with Crippen molar-refractivity contribution in [3.8, 4) is 0 Å². The zero-order valence-corrected chi connectivity index (χ0v) is 24.7. The predicted molar refractivity (Wildman–Crippen MR) is 157 cm³/mol. The molecule has 0 saturated heterocycles. The van der Waals surface area contributed by atoms with Crippen molar-refractivity contribution in [3.05, 3.63) is 0 Å². The van der Waals surface area contributed by atoms with Gasteiger partial charge in [0.25, 0.3) is 0 Å². The van der Waals surface area contributed by atoms with Crippen LogP contribution in [0.4, 0.5) is 4.79 Å². The molecule has 0 aromatic rings. The average Bonchev–Trinajstić information content (AvgIpc) is 2.82. The molecule has 0 aromatic carbocycles. The molecule has 0 heterocycles. The summed E-state index contributed by atoms with van der Waals surface area (Å²) in [7, 11) is 0. The molecule has 4 heteroatoms. The maximum absolute atomic E-state index is 12.2. The summed E-state index contributed by atoms with van der Waals surface area (Å²) < 4.78 is 1.31. The Hall–Kier alpha value is 0. The van der Waals surface area contributed by atoms with E-state index in [1.54, 1.807) is 0 Å². The van der Waals surface area contributed by atoms with Gasteiger partial charge in [0.1, 0.15) is 0 Å². The fourth-order valence-electron chi connectivity index (χ4n) is 4.56. The summed E-state index contributed by atoms with van der Waals surface area (Å²) in [6.07, 6.45) is 29.4. The van der Waals surface area contributed by atoms with Gasteiger partial charge >= 0.3 is 6.03 Å². The van der Waals surface area contributed by atoms with Crippen molar-refractivity contribution in [2.75, 3.05) is 17.5 Å². The molecule has 0 aliphatic carbocycles. The highest BCUT2D eigenvalue weighted by Gasteiger charge is 2.10. The molecule has 0 bridgehead atoms. The first-order valence-electron chi connectivity index (χ1n) is 14.8. The van der Waals surface area contributed by atoms with Gasteiger partial charge in [-0.3, -0.25) is 0 Å². The number of amides is 2. The summed E-state index contributed by atoms with van der Waals surface area (Å²) in [5, 5.41) is 6.26. The Morgan fingerprint density at radius 2 is 1.00 bits per heavy atom. The van der Waals surface area contributed by atoms with E-state index in [4.69, 9.17) is 0 Å². The Labute approximate surface area is 221 Å². The van der Waals surface area contributed by atoms with Crippen LogP contribution in [0.3, 0.4) is 0 Å². The summed E-state index contributed by atoms with van der Waals surface area (Å²) in [5.41, 5.74) is 0. The van der Waals surface area contributed by atoms with Gasteiger partial charge in [0.05, 0.1) is 0 Å². The largest absolute Gasteiger partial charge is 0.338 e. The maximum Gasteiger partial charge on any atom is 0.314 e. The van der Waals surface area contributed by atoms with E-state index in [-0.39, 0.29) is 6.03 Å². The van der Waals surface area contributed by atoms with Gasteiger partial charge < -0.3 is 10.6 Å². The van der Waals surface area contributed by atoms with Crippen LogP contribution in [-0.2, 0) is 0 Å². The van der Waals surface area contributed by atoms with E-state index < -0.39 is 0 Å². The number of halogens is 1. The highest BCUT2D eigenvalue weighted by atomic mass is 127. The summed E-state index contributed by atoms with van der Waals surface area (Å²) in [6.45, 7) is 6.22. The molecule has 0 saturated carbocycles. The van der Waals surface area contributed by atoms with Crippen LogP contribution in [0.25, 0.3) is 0 Å². The molecule has 0 rings (SSSR count). The molecule has 198 valence electrons. The third-order valence-corrected chi connectivity index (χ3v) is 7.59. The first kappa shape index (κ1) is 33.0. The molecular formula is C29H59IN2O. The van der Waals surface area contributed by atoms with Crippen molar-refractivity contribution in [1.82, 2.24) is 10.6 Å². The fourth-order valence-corrected chi connectivity index (χ4v) is 5.10. The van der Waals surface area contributed by atoms with Crippen LogP contribution < -0.4 is 10.6 Å². The van der Waals surface area contributed by atoms with Gasteiger partial charge in [-0.2, -0.15) is 0 Å². The van der Waals surface area contributed by atoms with Crippen LogP contribution >= 0.6 is 22.6 Å². The normalized spacial score (nSPS) is 12.1. The van der Waals surface area contributed by atoms with Gasteiger partial charge in [-0.05, 0) is 36.0 Å². The van der Waals surface area contributed by atoms with Gasteiger partial charge in [-0.25, -0.2) is 4.79 Å². The zero-order valence-electron chi connectivity index (χ0n) is 22.5. The highest BCUT2D eigenvalue weighted by Crippen LogP contribution is 2.18. The second kappa shape index (κ2) is 28.2. The van der Waals surface area contributed by atoms with Crippen molar-refractivity contribution in [3.63, 3.8) is 0 Å². The molecule has 1 atom stereocenters. The van der Waals surface area contributed by atoms with Gasteiger partial charge in [-0.15, -0.1) is 0 Å². The number of hydrogen-bond donors (Lipinski definition) is 2. The molecule has 0 aromatic heterocycles. The first-order chi connectivity index (χ1) is 16.2. The van der Waals surface area contributed by atoms with E-state index in [0.29, 0.717) is 5.92 Å². The van der Waals surface area contributed by atoms with E-state index in [1.807, 2.05) is 0 Å². The Bertz CT molecular complexity index is 392. The number of nitrogens with one attached hydrogen (secondary N) is 2. The minimum atomic E-state index is 0.0445. The average molecular weight is 579 g/mol. The number of urea groups is 1. The molecule has 33 heavy (non-hydrogen) atoms. The maximum atomic E-state index is 12.2. The molecule has 0 radical (unpaired) electrons. The number of carbonyl (C=O) groups excluding carboxylic acids is 1. The lowest BCUT2D eigenvalue weighted by molar-refractivity contribution is 0.237. The molecule has 0 aliphatic heterocycles. The van der Waals surface area contributed by atoms with E-state index in [9.17, 15) is 4.79 Å². The standard InChI is InChI=1S/C29H59IN2O/c1-3-5-7-9-16-20-24-28(23-19-8-6-4-2)27-32-29(33)31-26-22-18-15-13-11-10-12-14-17-21-25-30/h28H,3-27H2,1-2H3,(H2,31,32,33). The molecule has 3 nitrogen and oxygen atoms in total. The van der Waals surface area contributed by atoms with E-state index in [2.05, 4.69) is 47.1 Å². The number of rotatable bonds is 26. The predicted octanol–water partition coefficient (Wildman–Crippen LogP) is 9.96. The van der Waals surface area contributed by atoms with Gasteiger partial charge in [0.2, 0.25) is 0 Å². The van der Waals surface area contributed by atoms with Crippen LogP contribution in [0.1, 0.15) is 155 Å². The Balaban J connectivity index is 3.74. The van der Waals surface area contributed by atoms with Crippen molar-refractivity contribution in [2.45, 2.75) is 155 Å². The van der Waals surface area contributed by atoms with Crippen molar-refractivity contribution < 1.29 is 4.79 Å². The number of hydrogen-bond acceptors (Lipinski definition) is 1. The van der Waals surface area contributed by atoms with Crippen LogP contribution in [0.5, 0.6) is 0 Å². The lowest BCUT2D eigenvalue weighted by Crippen LogP contribution is -2.38. The van der Waals surface area contributed by atoms with Crippen molar-refractivity contribution >= 4 is 28.6 Å². The quantitative estimate of drug-likeness (QED) is 0.0599. The van der Waals surface area contributed by atoms with Crippen LogP contribution in [-0.4, -0.2) is 23.5 Å². The molecule has 0 spiro atoms. The molecule has 0 fully saturated rings. The number of unbranched alkanes of at least 4 members (excludes halogenated alkanes) is 17. The number of alkyl halides is 1. The smallest absolute Gasteiger partial charge is 0.314 e. The zero-order chi connectivity index (χ0) is 24.2. The fraction of sp³-hybridized carbons (Fsp3) is 0.966. The lowest BCUT2D eigenvalue weighted by Gasteiger charge is -2.18. The summed E-state index contributed by atoms with van der Waals surface area (Å²) >= 11 is 2.47. The van der Waals surface area contributed by atoms with Crippen molar-refractivity contribution in [2.24, 2.45) is 5.92 Å². The topological polar surface area (TPSA) is 41.1 Å². The summed E-state index contributed by atoms with van der Waals surface area (Å²) in [5.74, 6) is 0.653. The molecule has 0 aliphatic rings. The van der Waals surface area contributed by atoms with Gasteiger partial charge in [0, 0.05) is 13.1 Å². The monoisotopic (exact) mass is 578 g/mol. The first-order valence-corrected chi connectivity index (χ1v) is 16.3. The van der Waals surface area contributed by atoms with Crippen LogP contribution in [0.15, 0.2) is 0 Å². The van der Waals surface area contributed by atoms with E-state index in [0.717, 1.165) is 19.5 Å². The van der Waals surface area contributed by atoms with E-state index >= 15 is 0 Å². The summed E-state index contributed by atoms with van der Waals surface area (Å²) in [6, 6.07) is 0.0445. The lowest BCUT2D eigenvalue weighted by atomic mass is 9.94. The van der Waals surface area contributed by atoms with Gasteiger partial charge in [0.15, 0.2) is 0 Å². The Kier molecular flexibility index (Phi) is 28.2. The number of carbonyl (C=O) groups is 1. The second-order valence-electron chi connectivity index (χ2n) is 10.1. The molecule has 2 N–H and O–H groups in total. The highest BCUT2D eigenvalue weighted by molar-refractivity contribution is 14.1. The van der Waals surface area contributed by atoms with Crippen molar-refractivity contribution in [1.29, 1.82) is 0 Å².